The minimum atomic E-state index is 0.405. The molecule has 0 bridgehead atoms. The number of hydrogen-bond acceptors (Lipinski definition) is 3. The van der Waals surface area contributed by atoms with Crippen molar-refractivity contribution in [2.24, 2.45) is 0 Å². The predicted octanol–water partition coefficient (Wildman–Crippen LogP) is 4.63. The molecule has 20 heavy (non-hydrogen) atoms. The van der Waals surface area contributed by atoms with Crippen LogP contribution in [0.3, 0.4) is 0 Å². The maximum atomic E-state index is 5.72. The SMILES string of the molecule is C=C(Br)COc1c(Br)cc(CNC(C)C)cc1OCC. The number of benzene rings is 1. The molecule has 0 saturated heterocycles. The maximum Gasteiger partial charge on any atom is 0.175 e. The quantitative estimate of drug-likeness (QED) is 0.682. The van der Waals surface area contributed by atoms with Crippen LogP contribution in [0.4, 0.5) is 0 Å². The molecule has 1 rings (SSSR count). The van der Waals surface area contributed by atoms with Gasteiger partial charge in [0.2, 0.25) is 0 Å². The zero-order valence-corrected chi connectivity index (χ0v) is 15.3. The molecule has 0 aliphatic heterocycles. The molecular formula is C15H21Br2NO2. The molecule has 0 aromatic heterocycles. The van der Waals surface area contributed by atoms with Crippen LogP contribution in [0.15, 0.2) is 27.7 Å². The molecule has 0 fully saturated rings. The first-order valence-corrected chi connectivity index (χ1v) is 8.17. The highest BCUT2D eigenvalue weighted by Gasteiger charge is 2.12. The minimum Gasteiger partial charge on any atom is -0.490 e. The van der Waals surface area contributed by atoms with Gasteiger partial charge in [0.05, 0.1) is 11.1 Å². The normalized spacial score (nSPS) is 10.7. The Morgan fingerprint density at radius 3 is 2.60 bits per heavy atom. The van der Waals surface area contributed by atoms with Gasteiger partial charge in [0, 0.05) is 17.1 Å². The van der Waals surface area contributed by atoms with Crippen molar-refractivity contribution in [2.75, 3.05) is 13.2 Å². The van der Waals surface area contributed by atoms with E-state index in [0.29, 0.717) is 25.0 Å². The Morgan fingerprint density at radius 2 is 2.05 bits per heavy atom. The van der Waals surface area contributed by atoms with Crippen molar-refractivity contribution < 1.29 is 9.47 Å². The summed E-state index contributed by atoms with van der Waals surface area (Å²) < 4.78 is 13.1. The summed E-state index contributed by atoms with van der Waals surface area (Å²) in [5, 5.41) is 3.39. The first-order valence-electron chi connectivity index (χ1n) is 6.58. The molecule has 0 spiro atoms. The van der Waals surface area contributed by atoms with E-state index in [4.69, 9.17) is 9.47 Å². The van der Waals surface area contributed by atoms with Crippen molar-refractivity contribution in [1.29, 1.82) is 0 Å². The number of nitrogens with one attached hydrogen (secondary N) is 1. The molecule has 0 aliphatic carbocycles. The van der Waals surface area contributed by atoms with Gasteiger partial charge in [0.15, 0.2) is 11.5 Å². The summed E-state index contributed by atoms with van der Waals surface area (Å²) in [7, 11) is 0. The number of hydrogen-bond donors (Lipinski definition) is 1. The fourth-order valence-corrected chi connectivity index (χ4v) is 2.32. The Morgan fingerprint density at radius 1 is 1.35 bits per heavy atom. The topological polar surface area (TPSA) is 30.5 Å². The van der Waals surface area contributed by atoms with Crippen molar-refractivity contribution in [3.63, 3.8) is 0 Å². The Bertz CT molecular complexity index is 461. The zero-order valence-electron chi connectivity index (χ0n) is 12.1. The fraction of sp³-hybridized carbons (Fsp3) is 0.467. The van der Waals surface area contributed by atoms with Crippen LogP contribution in [0.2, 0.25) is 0 Å². The molecule has 1 aromatic carbocycles. The van der Waals surface area contributed by atoms with E-state index in [1.165, 1.54) is 0 Å². The van der Waals surface area contributed by atoms with Gasteiger partial charge in [-0.25, -0.2) is 0 Å². The Kier molecular flexibility index (Phi) is 7.62. The van der Waals surface area contributed by atoms with Gasteiger partial charge in [0.25, 0.3) is 0 Å². The van der Waals surface area contributed by atoms with Crippen LogP contribution in [0.5, 0.6) is 11.5 Å². The Labute approximate surface area is 138 Å². The lowest BCUT2D eigenvalue weighted by molar-refractivity contribution is 0.294. The second-order valence-electron chi connectivity index (χ2n) is 4.68. The van der Waals surface area contributed by atoms with E-state index in [-0.39, 0.29) is 0 Å². The van der Waals surface area contributed by atoms with Crippen LogP contribution in [-0.2, 0) is 6.54 Å². The summed E-state index contributed by atoms with van der Waals surface area (Å²) in [5.74, 6) is 1.46. The molecule has 0 saturated carbocycles. The standard InChI is InChI=1S/C15H21Br2NO2/c1-5-19-14-7-12(8-18-10(2)3)6-13(17)15(14)20-9-11(4)16/h6-7,10,18H,4-5,8-9H2,1-3H3. The van der Waals surface area contributed by atoms with E-state index < -0.39 is 0 Å². The van der Waals surface area contributed by atoms with E-state index in [1.54, 1.807) is 0 Å². The van der Waals surface area contributed by atoms with Crippen LogP contribution in [0.1, 0.15) is 26.3 Å². The average molecular weight is 407 g/mol. The van der Waals surface area contributed by atoms with Crippen molar-refractivity contribution in [1.82, 2.24) is 5.32 Å². The van der Waals surface area contributed by atoms with Crippen LogP contribution in [0, 0.1) is 0 Å². The van der Waals surface area contributed by atoms with Crippen molar-refractivity contribution >= 4 is 31.9 Å². The third kappa shape index (κ3) is 5.85. The maximum absolute atomic E-state index is 5.72. The first-order chi connectivity index (χ1) is 9.43. The summed E-state index contributed by atoms with van der Waals surface area (Å²) in [5.41, 5.74) is 1.15. The van der Waals surface area contributed by atoms with Crippen LogP contribution in [-0.4, -0.2) is 19.3 Å². The van der Waals surface area contributed by atoms with Crippen LogP contribution in [0.25, 0.3) is 0 Å². The largest absolute Gasteiger partial charge is 0.490 e. The molecule has 0 atom stereocenters. The molecule has 0 amide bonds. The van der Waals surface area contributed by atoms with E-state index in [1.807, 2.05) is 19.1 Å². The highest BCUT2D eigenvalue weighted by molar-refractivity contribution is 9.11. The molecule has 112 valence electrons. The molecule has 0 aliphatic rings. The summed E-state index contributed by atoms with van der Waals surface area (Å²) in [6.45, 7) is 11.8. The molecule has 0 heterocycles. The molecule has 0 radical (unpaired) electrons. The van der Waals surface area contributed by atoms with Gasteiger partial charge >= 0.3 is 0 Å². The van der Waals surface area contributed by atoms with Crippen molar-refractivity contribution in [2.45, 2.75) is 33.4 Å². The lowest BCUT2D eigenvalue weighted by Gasteiger charge is -2.16. The second kappa shape index (κ2) is 8.70. The highest BCUT2D eigenvalue weighted by Crippen LogP contribution is 2.37. The van der Waals surface area contributed by atoms with Gasteiger partial charge in [-0.3, -0.25) is 0 Å². The first kappa shape index (κ1) is 17.5. The minimum absolute atomic E-state index is 0.405. The van der Waals surface area contributed by atoms with E-state index in [0.717, 1.165) is 26.8 Å². The lowest BCUT2D eigenvalue weighted by atomic mass is 10.2. The number of rotatable bonds is 8. The summed E-state index contributed by atoms with van der Waals surface area (Å²) in [4.78, 5) is 0. The van der Waals surface area contributed by atoms with Gasteiger partial charge in [-0.1, -0.05) is 36.4 Å². The molecule has 0 unspecified atom stereocenters. The van der Waals surface area contributed by atoms with Gasteiger partial charge in [0.1, 0.15) is 6.61 Å². The second-order valence-corrected chi connectivity index (χ2v) is 6.66. The number of halogens is 2. The molecule has 5 heteroatoms. The highest BCUT2D eigenvalue weighted by atomic mass is 79.9. The van der Waals surface area contributed by atoms with Gasteiger partial charge in [-0.15, -0.1) is 0 Å². The van der Waals surface area contributed by atoms with Crippen LogP contribution < -0.4 is 14.8 Å². The van der Waals surface area contributed by atoms with E-state index in [2.05, 4.69) is 57.6 Å². The average Bonchev–Trinajstić information content (AvgIpc) is 2.35. The molecule has 3 nitrogen and oxygen atoms in total. The van der Waals surface area contributed by atoms with E-state index >= 15 is 0 Å². The van der Waals surface area contributed by atoms with E-state index in [9.17, 15) is 0 Å². The van der Waals surface area contributed by atoms with Gasteiger partial charge in [-0.2, -0.15) is 0 Å². The number of ether oxygens (including phenoxy) is 2. The third-order valence-electron chi connectivity index (χ3n) is 2.46. The monoisotopic (exact) mass is 405 g/mol. The van der Waals surface area contributed by atoms with Crippen molar-refractivity contribution in [3.05, 3.63) is 33.2 Å². The summed E-state index contributed by atoms with van der Waals surface area (Å²) >= 11 is 6.84. The lowest BCUT2D eigenvalue weighted by Crippen LogP contribution is -2.21. The Balaban J connectivity index is 2.95. The van der Waals surface area contributed by atoms with Gasteiger partial charge in [-0.05, 0) is 40.5 Å². The predicted molar refractivity (Wildman–Crippen MR) is 90.8 cm³/mol. The fourth-order valence-electron chi connectivity index (χ4n) is 1.60. The summed E-state index contributed by atoms with van der Waals surface area (Å²) in [6.07, 6.45) is 0. The smallest absolute Gasteiger partial charge is 0.175 e. The van der Waals surface area contributed by atoms with Crippen molar-refractivity contribution in [3.8, 4) is 11.5 Å². The summed E-state index contributed by atoms with van der Waals surface area (Å²) in [6, 6.07) is 4.50. The third-order valence-corrected chi connectivity index (χ3v) is 3.27. The van der Waals surface area contributed by atoms with Gasteiger partial charge < -0.3 is 14.8 Å². The molecule has 1 aromatic rings. The van der Waals surface area contributed by atoms with Crippen LogP contribution >= 0.6 is 31.9 Å². The molecular weight excluding hydrogens is 386 g/mol. The molecule has 1 N–H and O–H groups in total. The Hall–Kier alpha value is -0.520. The zero-order chi connectivity index (χ0) is 15.1.